The van der Waals surface area contributed by atoms with E-state index < -0.39 is 5.95 Å². The van der Waals surface area contributed by atoms with Crippen LogP contribution in [-0.2, 0) is 0 Å². The molecule has 0 aliphatic heterocycles. The third-order valence-corrected chi connectivity index (χ3v) is 1.38. The summed E-state index contributed by atoms with van der Waals surface area (Å²) in [4.78, 5) is 14.1. The average Bonchev–Trinajstić information content (AvgIpc) is 2.03. The van der Waals surface area contributed by atoms with Crippen LogP contribution in [0, 0.1) is 18.3 Å². The minimum Gasteiger partial charge on any atom is -0.294 e. The van der Waals surface area contributed by atoms with Gasteiger partial charge in [0.25, 0.3) is 0 Å². The molecule has 0 amide bonds. The monoisotopic (exact) mass is 163 g/mol. The number of carbonyl (C=O) groups excluding carboxylic acids is 1. The Labute approximate surface area is 69.4 Å². The maximum absolute atomic E-state index is 12.9. The summed E-state index contributed by atoms with van der Waals surface area (Å²) in [6, 6.07) is 2.76. The van der Waals surface area contributed by atoms with E-state index in [1.54, 1.807) is 0 Å². The molecule has 1 heterocycles. The van der Waals surface area contributed by atoms with Crippen LogP contribution >= 0.6 is 0 Å². The highest BCUT2D eigenvalue weighted by Crippen LogP contribution is 2.05. The summed E-state index contributed by atoms with van der Waals surface area (Å²) in [5.41, 5.74) is 0.159. The van der Waals surface area contributed by atoms with Gasteiger partial charge >= 0.3 is 0 Å². The van der Waals surface area contributed by atoms with Gasteiger partial charge in [0.15, 0.2) is 5.78 Å². The van der Waals surface area contributed by atoms with Gasteiger partial charge in [-0.25, -0.2) is 4.98 Å². The summed E-state index contributed by atoms with van der Waals surface area (Å²) in [5, 5.41) is 0. The molecule has 0 N–H and O–H groups in total. The van der Waals surface area contributed by atoms with E-state index in [1.165, 1.54) is 19.1 Å². The molecule has 1 aromatic heterocycles. The Kier molecular flexibility index (Phi) is 2.20. The third kappa shape index (κ3) is 1.48. The normalized spacial score (nSPS) is 9.08. The highest BCUT2D eigenvalue weighted by Gasteiger charge is 2.07. The van der Waals surface area contributed by atoms with Crippen molar-refractivity contribution in [2.24, 2.45) is 0 Å². The van der Waals surface area contributed by atoms with Crippen molar-refractivity contribution in [2.75, 3.05) is 0 Å². The lowest BCUT2D eigenvalue weighted by molar-refractivity contribution is 0.101. The van der Waals surface area contributed by atoms with Crippen LogP contribution in [0.1, 0.15) is 23.0 Å². The standard InChI is InChI=1S/C9H6FNO/c1-3-7-4-5-8(6(2)12)9(10)11-7/h1,4-5H,2H3. The van der Waals surface area contributed by atoms with Gasteiger partial charge in [-0.2, -0.15) is 4.39 Å². The summed E-state index contributed by atoms with van der Waals surface area (Å²) in [5.74, 6) is 1.01. The molecule has 0 atom stereocenters. The Hall–Kier alpha value is -1.69. The molecule has 0 saturated heterocycles. The van der Waals surface area contributed by atoms with Gasteiger partial charge in [0.05, 0.1) is 5.56 Å². The Morgan fingerprint density at radius 3 is 2.75 bits per heavy atom. The fraction of sp³-hybridized carbons (Fsp3) is 0.111. The molecule has 60 valence electrons. The van der Waals surface area contributed by atoms with Gasteiger partial charge in [0.1, 0.15) is 5.69 Å². The number of halogens is 1. The van der Waals surface area contributed by atoms with E-state index in [1.807, 2.05) is 0 Å². The van der Waals surface area contributed by atoms with Crippen LogP contribution in [0.3, 0.4) is 0 Å². The summed E-state index contributed by atoms with van der Waals surface area (Å²) >= 11 is 0. The largest absolute Gasteiger partial charge is 0.294 e. The molecule has 0 radical (unpaired) electrons. The second kappa shape index (κ2) is 3.14. The zero-order valence-electron chi connectivity index (χ0n) is 6.47. The zero-order chi connectivity index (χ0) is 9.14. The second-order valence-corrected chi connectivity index (χ2v) is 2.24. The second-order valence-electron chi connectivity index (χ2n) is 2.24. The van der Waals surface area contributed by atoms with Crippen molar-refractivity contribution in [3.05, 3.63) is 29.3 Å². The van der Waals surface area contributed by atoms with Gasteiger partial charge in [-0.3, -0.25) is 4.79 Å². The Morgan fingerprint density at radius 2 is 2.33 bits per heavy atom. The molecule has 0 saturated carbocycles. The lowest BCUT2D eigenvalue weighted by Gasteiger charge is -1.96. The topological polar surface area (TPSA) is 30.0 Å². The minimum absolute atomic E-state index is 0.0333. The van der Waals surface area contributed by atoms with Crippen molar-refractivity contribution in [3.63, 3.8) is 0 Å². The molecule has 0 aliphatic rings. The number of terminal acetylenes is 1. The smallest absolute Gasteiger partial charge is 0.224 e. The van der Waals surface area contributed by atoms with E-state index in [4.69, 9.17) is 6.42 Å². The van der Waals surface area contributed by atoms with E-state index >= 15 is 0 Å². The number of aromatic nitrogens is 1. The fourth-order valence-corrected chi connectivity index (χ4v) is 0.777. The lowest BCUT2D eigenvalue weighted by atomic mass is 10.2. The van der Waals surface area contributed by atoms with Crippen molar-refractivity contribution < 1.29 is 9.18 Å². The van der Waals surface area contributed by atoms with E-state index in [0.717, 1.165) is 0 Å². The van der Waals surface area contributed by atoms with Crippen LogP contribution in [0.5, 0.6) is 0 Å². The van der Waals surface area contributed by atoms with Crippen molar-refractivity contribution in [1.29, 1.82) is 0 Å². The van der Waals surface area contributed by atoms with Crippen molar-refractivity contribution in [1.82, 2.24) is 4.98 Å². The van der Waals surface area contributed by atoms with Gasteiger partial charge in [-0.05, 0) is 19.1 Å². The highest BCUT2D eigenvalue weighted by atomic mass is 19.1. The molecule has 0 aromatic carbocycles. The first kappa shape index (κ1) is 8.41. The van der Waals surface area contributed by atoms with Crippen LogP contribution in [0.2, 0.25) is 0 Å². The van der Waals surface area contributed by atoms with Crippen LogP contribution in [0.4, 0.5) is 4.39 Å². The summed E-state index contributed by atoms with van der Waals surface area (Å²) in [7, 11) is 0. The summed E-state index contributed by atoms with van der Waals surface area (Å²) in [6.45, 7) is 1.27. The van der Waals surface area contributed by atoms with E-state index in [0.29, 0.717) is 0 Å². The van der Waals surface area contributed by atoms with Crippen molar-refractivity contribution in [3.8, 4) is 12.3 Å². The predicted octanol–water partition coefficient (Wildman–Crippen LogP) is 1.40. The fourth-order valence-electron chi connectivity index (χ4n) is 0.777. The minimum atomic E-state index is -0.807. The maximum Gasteiger partial charge on any atom is 0.224 e. The van der Waals surface area contributed by atoms with E-state index in [-0.39, 0.29) is 17.0 Å². The van der Waals surface area contributed by atoms with Gasteiger partial charge in [-0.15, -0.1) is 6.42 Å². The quantitative estimate of drug-likeness (QED) is 0.356. The van der Waals surface area contributed by atoms with E-state index in [2.05, 4.69) is 10.9 Å². The van der Waals surface area contributed by atoms with Gasteiger partial charge < -0.3 is 0 Å². The van der Waals surface area contributed by atoms with Gasteiger partial charge in [0.2, 0.25) is 5.95 Å². The third-order valence-electron chi connectivity index (χ3n) is 1.38. The van der Waals surface area contributed by atoms with Crippen molar-refractivity contribution in [2.45, 2.75) is 6.92 Å². The number of pyridine rings is 1. The molecule has 0 bridgehead atoms. The molecular formula is C9H6FNO. The van der Waals surface area contributed by atoms with Crippen LogP contribution in [0.25, 0.3) is 0 Å². The predicted molar refractivity (Wildman–Crippen MR) is 42.1 cm³/mol. The first-order valence-corrected chi connectivity index (χ1v) is 3.29. The Morgan fingerprint density at radius 1 is 1.67 bits per heavy atom. The van der Waals surface area contributed by atoms with Crippen LogP contribution in [-0.4, -0.2) is 10.8 Å². The number of carbonyl (C=O) groups is 1. The molecule has 2 nitrogen and oxygen atoms in total. The number of Topliss-reactive ketones (excluding diaryl/α,β-unsaturated/α-hetero) is 1. The lowest BCUT2D eigenvalue weighted by Crippen LogP contribution is -2.00. The molecule has 3 heteroatoms. The molecule has 0 aliphatic carbocycles. The molecular weight excluding hydrogens is 157 g/mol. The van der Waals surface area contributed by atoms with Gasteiger partial charge in [-0.1, -0.05) is 5.92 Å². The highest BCUT2D eigenvalue weighted by molar-refractivity contribution is 5.93. The molecule has 0 fully saturated rings. The molecule has 1 rings (SSSR count). The Bertz CT molecular complexity index is 365. The summed E-state index contributed by atoms with van der Waals surface area (Å²) in [6.07, 6.45) is 4.98. The van der Waals surface area contributed by atoms with Crippen LogP contribution in [0.15, 0.2) is 12.1 Å². The first-order chi connectivity index (χ1) is 5.65. The maximum atomic E-state index is 12.9. The van der Waals surface area contributed by atoms with E-state index in [9.17, 15) is 9.18 Å². The molecule has 0 unspecified atom stereocenters. The van der Waals surface area contributed by atoms with Crippen LogP contribution < -0.4 is 0 Å². The number of hydrogen-bond donors (Lipinski definition) is 0. The first-order valence-electron chi connectivity index (χ1n) is 3.29. The van der Waals surface area contributed by atoms with Crippen molar-refractivity contribution >= 4 is 5.78 Å². The molecule has 12 heavy (non-hydrogen) atoms. The molecule has 0 spiro atoms. The molecule has 1 aromatic rings. The Balaban J connectivity index is 3.23. The number of ketones is 1. The zero-order valence-corrected chi connectivity index (χ0v) is 6.47. The summed E-state index contributed by atoms with van der Waals surface area (Å²) < 4.78 is 12.9. The average molecular weight is 163 g/mol. The number of nitrogens with zero attached hydrogens (tertiary/aromatic N) is 1. The van der Waals surface area contributed by atoms with Gasteiger partial charge in [0, 0.05) is 0 Å². The number of hydrogen-bond acceptors (Lipinski definition) is 2. The number of rotatable bonds is 1. The SMILES string of the molecule is C#Cc1ccc(C(C)=O)c(F)n1.